The molecule has 3 aromatic rings. The zero-order chi connectivity index (χ0) is 24.1. The molecule has 1 fully saturated rings. The van der Waals surface area contributed by atoms with E-state index in [0.717, 1.165) is 23.2 Å². The summed E-state index contributed by atoms with van der Waals surface area (Å²) in [6, 6.07) is 18.2. The van der Waals surface area contributed by atoms with E-state index in [0.29, 0.717) is 15.5 Å². The van der Waals surface area contributed by atoms with Gasteiger partial charge in [0.25, 0.3) is 10.0 Å². The van der Waals surface area contributed by atoms with Crippen LogP contribution in [0.1, 0.15) is 12.0 Å². The van der Waals surface area contributed by atoms with Gasteiger partial charge in [0.15, 0.2) is 0 Å². The molecule has 7 nitrogen and oxygen atoms in total. The summed E-state index contributed by atoms with van der Waals surface area (Å²) >= 11 is 6.89. The van der Waals surface area contributed by atoms with Gasteiger partial charge in [0.2, 0.25) is 0 Å². The molecule has 1 aliphatic rings. The van der Waals surface area contributed by atoms with Crippen molar-refractivity contribution in [1.82, 2.24) is 4.72 Å². The Balaban J connectivity index is 1.72. The molecule has 0 unspecified atom stereocenters. The molecule has 4 rings (SSSR count). The Morgan fingerprint density at radius 3 is 2.24 bits per heavy atom. The quantitative estimate of drug-likeness (QED) is 0.464. The highest BCUT2D eigenvalue weighted by molar-refractivity contribution is 7.92. The summed E-state index contributed by atoms with van der Waals surface area (Å²) in [4.78, 5) is 13.1. The summed E-state index contributed by atoms with van der Waals surface area (Å²) in [7, 11) is -7.90. The molecule has 0 amide bonds. The minimum absolute atomic E-state index is 0.0682. The van der Waals surface area contributed by atoms with Crippen LogP contribution in [0.15, 0.2) is 70.9 Å². The Labute approximate surface area is 201 Å². The van der Waals surface area contributed by atoms with Crippen LogP contribution in [-0.2, 0) is 30.1 Å². The molecule has 0 saturated heterocycles. The minimum Gasteiger partial charge on any atom is -0.480 e. The van der Waals surface area contributed by atoms with E-state index in [4.69, 9.17) is 11.6 Å². The van der Waals surface area contributed by atoms with Gasteiger partial charge in [-0.15, -0.1) is 11.3 Å². The summed E-state index contributed by atoms with van der Waals surface area (Å²) in [5, 5.41) is 10.6. The minimum atomic E-state index is -4.26. The van der Waals surface area contributed by atoms with Crippen LogP contribution in [0.3, 0.4) is 0 Å². The molecule has 0 bridgehead atoms. The van der Waals surface area contributed by atoms with Gasteiger partial charge in [0.05, 0.1) is 5.75 Å². The van der Waals surface area contributed by atoms with Crippen LogP contribution in [0.25, 0.3) is 10.4 Å². The number of sulfonamides is 1. The Morgan fingerprint density at radius 2 is 1.67 bits per heavy atom. The lowest BCUT2D eigenvalue weighted by Crippen LogP contribution is -2.50. The van der Waals surface area contributed by atoms with E-state index in [1.165, 1.54) is 6.07 Å². The number of carboxylic acids is 1. The summed E-state index contributed by atoms with van der Waals surface area (Å²) in [6.07, 6.45) is 0.829. The van der Waals surface area contributed by atoms with E-state index in [1.54, 1.807) is 60.7 Å². The number of thiophene rings is 1. The van der Waals surface area contributed by atoms with Gasteiger partial charge in [-0.3, -0.25) is 4.79 Å². The van der Waals surface area contributed by atoms with E-state index in [2.05, 4.69) is 4.72 Å². The SMILES string of the molecule is CS(=O)(=O)C[C@@]1(c2ccccc2)C[C@]1(NS(=O)(=O)c1ccc(-c2ccc(Cl)cc2)s1)C(=O)O. The normalized spacial score (nSPS) is 22.7. The molecule has 1 saturated carbocycles. The van der Waals surface area contributed by atoms with E-state index >= 15 is 0 Å². The Bertz CT molecular complexity index is 1420. The number of aliphatic carboxylic acids is 1. The summed E-state index contributed by atoms with van der Waals surface area (Å²) < 4.78 is 53.2. The van der Waals surface area contributed by atoms with Gasteiger partial charge in [-0.2, -0.15) is 4.72 Å². The van der Waals surface area contributed by atoms with Crippen molar-refractivity contribution in [3.8, 4) is 10.4 Å². The van der Waals surface area contributed by atoms with Gasteiger partial charge in [-0.25, -0.2) is 16.8 Å². The Morgan fingerprint density at radius 1 is 1.03 bits per heavy atom. The van der Waals surface area contributed by atoms with E-state index in [9.17, 15) is 26.7 Å². The highest BCUT2D eigenvalue weighted by Gasteiger charge is 2.75. The molecule has 2 atom stereocenters. The van der Waals surface area contributed by atoms with E-state index in [-0.39, 0.29) is 10.6 Å². The van der Waals surface area contributed by atoms with Crippen LogP contribution in [0, 0.1) is 0 Å². The smallest absolute Gasteiger partial charge is 0.325 e. The second-order valence-corrected chi connectivity index (χ2v) is 13.7. The highest BCUT2D eigenvalue weighted by atomic mass is 35.5. The lowest BCUT2D eigenvalue weighted by atomic mass is 9.92. The summed E-state index contributed by atoms with van der Waals surface area (Å²) in [6.45, 7) is 0. The number of hydrogen-bond acceptors (Lipinski definition) is 6. The zero-order valence-electron chi connectivity index (χ0n) is 17.4. The predicted molar refractivity (Wildman–Crippen MR) is 128 cm³/mol. The third-order valence-corrected chi connectivity index (χ3v) is 10.1. The zero-order valence-corrected chi connectivity index (χ0v) is 20.6. The first kappa shape index (κ1) is 23.9. The average Bonchev–Trinajstić information content (AvgIpc) is 3.10. The van der Waals surface area contributed by atoms with Crippen LogP contribution < -0.4 is 4.72 Å². The van der Waals surface area contributed by atoms with Gasteiger partial charge in [0, 0.05) is 21.6 Å². The maximum absolute atomic E-state index is 13.2. The van der Waals surface area contributed by atoms with Crippen LogP contribution in [0.4, 0.5) is 0 Å². The maximum atomic E-state index is 13.2. The van der Waals surface area contributed by atoms with Crippen molar-refractivity contribution >= 4 is 48.8 Å². The molecular weight excluding hydrogens is 506 g/mol. The number of carbonyl (C=O) groups is 1. The Hall–Kier alpha value is -2.24. The Kier molecular flexibility index (Phi) is 5.95. The third-order valence-electron chi connectivity index (χ3n) is 5.74. The number of sulfone groups is 1. The monoisotopic (exact) mass is 525 g/mol. The second kappa shape index (κ2) is 8.21. The molecule has 33 heavy (non-hydrogen) atoms. The standard InChI is InChI=1S/C22H20ClNO6S3/c1-32(27,28)14-21(16-5-3-2-4-6-16)13-22(21,20(25)26)24-33(29,30)19-12-11-18(31-19)15-7-9-17(23)10-8-15/h2-12,24H,13-14H2,1H3,(H,25,26)/t21-,22+/m1/s1. The summed E-state index contributed by atoms with van der Waals surface area (Å²) in [5.41, 5.74) is -2.19. The first-order valence-corrected chi connectivity index (χ1v) is 14.5. The molecular formula is C22H20ClNO6S3. The van der Waals surface area contributed by atoms with Gasteiger partial charge in [-0.05, 0) is 41.8 Å². The first-order chi connectivity index (χ1) is 15.4. The van der Waals surface area contributed by atoms with Crippen LogP contribution >= 0.6 is 22.9 Å². The van der Waals surface area contributed by atoms with Gasteiger partial charge in [0.1, 0.15) is 19.6 Å². The lowest BCUT2D eigenvalue weighted by molar-refractivity contribution is -0.140. The molecule has 1 aromatic heterocycles. The highest BCUT2D eigenvalue weighted by Crippen LogP contribution is 2.59. The number of benzene rings is 2. The summed E-state index contributed by atoms with van der Waals surface area (Å²) in [5.74, 6) is -1.92. The molecule has 2 N–H and O–H groups in total. The van der Waals surface area contributed by atoms with Crippen molar-refractivity contribution in [3.63, 3.8) is 0 Å². The molecule has 0 radical (unpaired) electrons. The van der Waals surface area contributed by atoms with Crippen molar-refractivity contribution in [2.24, 2.45) is 0 Å². The number of rotatable bonds is 8. The fourth-order valence-electron chi connectivity index (χ4n) is 4.19. The van der Waals surface area contributed by atoms with Gasteiger partial charge >= 0.3 is 5.97 Å². The molecule has 0 spiro atoms. The molecule has 174 valence electrons. The van der Waals surface area contributed by atoms with Gasteiger partial charge in [-0.1, -0.05) is 54.1 Å². The van der Waals surface area contributed by atoms with Crippen LogP contribution in [-0.4, -0.2) is 45.5 Å². The number of halogens is 1. The van der Waals surface area contributed by atoms with Crippen LogP contribution in [0.5, 0.6) is 0 Å². The van der Waals surface area contributed by atoms with E-state index in [1.807, 2.05) is 0 Å². The molecule has 2 aromatic carbocycles. The predicted octanol–water partition coefficient (Wildman–Crippen LogP) is 3.56. The lowest BCUT2D eigenvalue weighted by Gasteiger charge is -2.23. The topological polar surface area (TPSA) is 118 Å². The molecule has 1 aliphatic carbocycles. The maximum Gasteiger partial charge on any atom is 0.325 e. The fourth-order valence-corrected chi connectivity index (χ4v) is 8.46. The van der Waals surface area contributed by atoms with Crippen molar-refractivity contribution in [2.75, 3.05) is 12.0 Å². The van der Waals surface area contributed by atoms with Crippen molar-refractivity contribution in [1.29, 1.82) is 0 Å². The van der Waals surface area contributed by atoms with Crippen LogP contribution in [0.2, 0.25) is 5.02 Å². The molecule has 0 aliphatic heterocycles. The fraction of sp³-hybridized carbons (Fsp3) is 0.227. The second-order valence-electron chi connectivity index (χ2n) is 8.14. The van der Waals surface area contributed by atoms with Gasteiger partial charge < -0.3 is 5.11 Å². The average molecular weight is 526 g/mol. The van der Waals surface area contributed by atoms with E-state index < -0.39 is 42.5 Å². The number of carboxylic acid groups (broad SMARTS) is 1. The molecule has 1 heterocycles. The molecule has 11 heteroatoms. The number of nitrogens with one attached hydrogen (secondary N) is 1. The largest absolute Gasteiger partial charge is 0.480 e. The third kappa shape index (κ3) is 4.45. The van der Waals surface area contributed by atoms with Crippen molar-refractivity contribution in [3.05, 3.63) is 77.3 Å². The van der Waals surface area contributed by atoms with Crippen molar-refractivity contribution in [2.45, 2.75) is 21.6 Å². The number of hydrogen-bond donors (Lipinski definition) is 2. The first-order valence-electron chi connectivity index (χ1n) is 9.75. The van der Waals surface area contributed by atoms with Crippen molar-refractivity contribution < 1.29 is 26.7 Å².